The van der Waals surface area contributed by atoms with Crippen LogP contribution in [0.1, 0.15) is 72.9 Å². The lowest BCUT2D eigenvalue weighted by atomic mass is 9.95. The van der Waals surface area contributed by atoms with Gasteiger partial charge in [-0.25, -0.2) is 0 Å². The van der Waals surface area contributed by atoms with Crippen molar-refractivity contribution in [3.05, 3.63) is 70.2 Å². The number of hydrogen-bond donors (Lipinski definition) is 2. The lowest BCUT2D eigenvalue weighted by Crippen LogP contribution is -2.50. The van der Waals surface area contributed by atoms with Crippen LogP contribution in [0.3, 0.4) is 0 Å². The summed E-state index contributed by atoms with van der Waals surface area (Å²) in [5, 5.41) is 7.45. The maximum absolute atomic E-state index is 13.9. The van der Waals surface area contributed by atoms with E-state index in [1.54, 1.807) is 12.1 Å². The molecule has 6 nitrogen and oxygen atoms in total. The van der Waals surface area contributed by atoms with Gasteiger partial charge in [0.05, 0.1) is 6.04 Å². The summed E-state index contributed by atoms with van der Waals surface area (Å²) >= 11 is 8.50. The van der Waals surface area contributed by atoms with Crippen molar-refractivity contribution in [3.8, 4) is 0 Å². The molecule has 2 fully saturated rings. The number of carbonyl (C=O) groups excluding carboxylic acids is 2. The Balaban J connectivity index is 1.43. The average molecular weight is 665 g/mol. The summed E-state index contributed by atoms with van der Waals surface area (Å²) in [5.41, 5.74) is 2.86. The predicted octanol–water partition coefficient (Wildman–Crippen LogP) is 5.63. The number of hydrogen-bond acceptors (Lipinski definition) is 4. The molecule has 0 aliphatic carbocycles. The fourth-order valence-electron chi connectivity index (χ4n) is 5.72. The van der Waals surface area contributed by atoms with Gasteiger partial charge < -0.3 is 20.4 Å². The van der Waals surface area contributed by atoms with E-state index in [0.29, 0.717) is 29.6 Å². The highest BCUT2D eigenvalue weighted by Crippen LogP contribution is 2.23. The van der Waals surface area contributed by atoms with Crippen LogP contribution < -0.4 is 10.6 Å². The van der Waals surface area contributed by atoms with Crippen LogP contribution in [0.5, 0.6) is 0 Å². The first kappa shape index (κ1) is 30.3. The van der Waals surface area contributed by atoms with E-state index in [1.807, 2.05) is 12.1 Å². The zero-order chi connectivity index (χ0) is 27.6. The SMILES string of the molecule is CC[C@H](CN1CC[C@@H](CNC(=O)c2ccc(Cl)c(CI)c2)N[C@@H](CCN2CCCCC2)C1=O)c1ccccc1. The number of amides is 2. The summed E-state index contributed by atoms with van der Waals surface area (Å²) in [6.07, 6.45) is 6.37. The van der Waals surface area contributed by atoms with Gasteiger partial charge in [0.25, 0.3) is 5.91 Å². The number of halogens is 2. The topological polar surface area (TPSA) is 64.7 Å². The van der Waals surface area contributed by atoms with Gasteiger partial charge >= 0.3 is 0 Å². The minimum absolute atomic E-state index is 0.0300. The van der Waals surface area contributed by atoms with Gasteiger partial charge in [-0.1, -0.05) is 77.9 Å². The van der Waals surface area contributed by atoms with E-state index < -0.39 is 0 Å². The molecule has 0 spiro atoms. The minimum Gasteiger partial charge on any atom is -0.350 e. The molecule has 212 valence electrons. The number of likely N-dealkylation sites (tertiary alicyclic amines) is 1. The fraction of sp³-hybridized carbons (Fsp3) is 0.548. The Labute approximate surface area is 252 Å². The molecule has 2 aliphatic heterocycles. The predicted molar refractivity (Wildman–Crippen MR) is 168 cm³/mol. The number of piperidine rings is 1. The molecule has 2 aromatic rings. The zero-order valence-electron chi connectivity index (χ0n) is 23.0. The largest absolute Gasteiger partial charge is 0.350 e. The Kier molecular flexibility index (Phi) is 11.9. The smallest absolute Gasteiger partial charge is 0.251 e. The van der Waals surface area contributed by atoms with Crippen molar-refractivity contribution in [2.45, 2.75) is 67.9 Å². The third kappa shape index (κ3) is 8.65. The van der Waals surface area contributed by atoms with Crippen LogP contribution in [0.4, 0.5) is 0 Å². The Morgan fingerprint density at radius 1 is 1.13 bits per heavy atom. The molecule has 2 aromatic carbocycles. The molecule has 4 rings (SSSR count). The van der Waals surface area contributed by atoms with E-state index in [-0.39, 0.29) is 23.9 Å². The first-order chi connectivity index (χ1) is 19.0. The fourth-order valence-corrected chi connectivity index (χ4v) is 6.76. The highest BCUT2D eigenvalue weighted by molar-refractivity contribution is 14.1. The van der Waals surface area contributed by atoms with Gasteiger partial charge in [-0.2, -0.15) is 0 Å². The molecule has 2 aliphatic rings. The maximum atomic E-state index is 13.9. The summed E-state index contributed by atoms with van der Waals surface area (Å²) in [6, 6.07) is 15.7. The van der Waals surface area contributed by atoms with Crippen LogP contribution >= 0.6 is 34.2 Å². The van der Waals surface area contributed by atoms with Crippen molar-refractivity contribution in [2.75, 3.05) is 39.3 Å². The molecule has 8 heteroatoms. The van der Waals surface area contributed by atoms with Crippen molar-refractivity contribution < 1.29 is 9.59 Å². The van der Waals surface area contributed by atoms with Crippen molar-refractivity contribution >= 4 is 46.0 Å². The molecule has 2 amide bonds. The Morgan fingerprint density at radius 3 is 2.62 bits per heavy atom. The second kappa shape index (κ2) is 15.4. The summed E-state index contributed by atoms with van der Waals surface area (Å²) in [4.78, 5) is 31.4. The monoisotopic (exact) mass is 664 g/mol. The van der Waals surface area contributed by atoms with Crippen molar-refractivity contribution in [1.82, 2.24) is 20.4 Å². The molecule has 0 aromatic heterocycles. The van der Waals surface area contributed by atoms with E-state index in [0.717, 1.165) is 55.4 Å². The first-order valence-corrected chi connectivity index (χ1v) is 16.3. The van der Waals surface area contributed by atoms with Crippen LogP contribution in [0.15, 0.2) is 48.5 Å². The van der Waals surface area contributed by atoms with E-state index in [4.69, 9.17) is 11.6 Å². The molecule has 2 saturated heterocycles. The molecule has 39 heavy (non-hydrogen) atoms. The quantitative estimate of drug-likeness (QED) is 0.242. The minimum atomic E-state index is -0.245. The summed E-state index contributed by atoms with van der Waals surface area (Å²) in [6.45, 7) is 7.27. The number of benzene rings is 2. The average Bonchev–Trinajstić information content (AvgIpc) is 3.12. The van der Waals surface area contributed by atoms with E-state index in [1.165, 1.54) is 24.8 Å². The molecule has 0 unspecified atom stereocenters. The van der Waals surface area contributed by atoms with E-state index >= 15 is 0 Å². The van der Waals surface area contributed by atoms with Crippen molar-refractivity contribution in [1.29, 1.82) is 0 Å². The Morgan fingerprint density at radius 2 is 1.90 bits per heavy atom. The Bertz CT molecular complexity index is 1080. The molecule has 0 saturated carbocycles. The molecular formula is C31H42ClIN4O2. The molecule has 0 bridgehead atoms. The maximum Gasteiger partial charge on any atom is 0.251 e. The van der Waals surface area contributed by atoms with Crippen molar-refractivity contribution in [2.24, 2.45) is 0 Å². The third-order valence-electron chi connectivity index (χ3n) is 8.14. The Hall–Kier alpha value is -1.68. The zero-order valence-corrected chi connectivity index (χ0v) is 25.9. The van der Waals surface area contributed by atoms with Crippen molar-refractivity contribution in [3.63, 3.8) is 0 Å². The summed E-state index contributed by atoms with van der Waals surface area (Å²) in [5.74, 6) is 0.401. The lowest BCUT2D eigenvalue weighted by Gasteiger charge is -2.31. The summed E-state index contributed by atoms with van der Waals surface area (Å²) < 4.78 is 0.750. The molecule has 2 heterocycles. The number of nitrogens with one attached hydrogen (secondary N) is 2. The van der Waals surface area contributed by atoms with Gasteiger partial charge in [0.15, 0.2) is 0 Å². The number of nitrogens with zero attached hydrogens (tertiary/aromatic N) is 2. The van der Waals surface area contributed by atoms with Crippen LogP contribution in [0, 0.1) is 0 Å². The van der Waals surface area contributed by atoms with Gasteiger partial charge in [-0.05, 0) is 74.5 Å². The standard InChI is InChI=1S/C31H42ClIN4O2/c1-2-23(24-9-5-3-6-10-24)22-37-18-13-27(21-34-30(38)25-11-12-28(32)26(19-25)20-33)35-29(31(37)39)14-17-36-15-7-4-8-16-36/h3,5-6,9-12,19,23,27,29,35H,2,4,7-8,13-18,20-22H2,1H3,(H,34,38)/t23-,27+,29+/m1/s1. The molecular weight excluding hydrogens is 623 g/mol. The third-order valence-corrected chi connectivity index (χ3v) is 9.33. The highest BCUT2D eigenvalue weighted by atomic mass is 127. The number of rotatable bonds is 11. The van der Waals surface area contributed by atoms with Gasteiger partial charge in [0.1, 0.15) is 0 Å². The normalized spacial score (nSPS) is 21.4. The van der Waals surface area contributed by atoms with E-state index in [9.17, 15) is 9.59 Å². The second-order valence-corrected chi connectivity index (χ2v) is 12.0. The van der Waals surface area contributed by atoms with Crippen LogP contribution in [-0.4, -0.2) is 73.0 Å². The highest BCUT2D eigenvalue weighted by Gasteiger charge is 2.32. The number of alkyl halides is 1. The second-order valence-electron chi connectivity index (χ2n) is 10.8. The van der Waals surface area contributed by atoms with Crippen LogP contribution in [0.2, 0.25) is 5.02 Å². The van der Waals surface area contributed by atoms with Gasteiger partial charge in [0.2, 0.25) is 5.91 Å². The summed E-state index contributed by atoms with van der Waals surface area (Å²) in [7, 11) is 0. The van der Waals surface area contributed by atoms with Gasteiger partial charge in [-0.15, -0.1) is 0 Å². The molecule has 2 N–H and O–H groups in total. The van der Waals surface area contributed by atoms with Crippen LogP contribution in [0.25, 0.3) is 0 Å². The van der Waals surface area contributed by atoms with Gasteiger partial charge in [-0.3, -0.25) is 9.59 Å². The lowest BCUT2D eigenvalue weighted by molar-refractivity contribution is -0.133. The number of carbonyl (C=O) groups is 2. The molecule has 0 radical (unpaired) electrons. The molecule has 3 atom stereocenters. The first-order valence-electron chi connectivity index (χ1n) is 14.4. The van der Waals surface area contributed by atoms with Crippen LogP contribution in [-0.2, 0) is 9.22 Å². The van der Waals surface area contributed by atoms with Gasteiger partial charge in [0, 0.05) is 53.2 Å². The van der Waals surface area contributed by atoms with E-state index in [2.05, 4.69) is 74.2 Å².